The first-order valence-corrected chi connectivity index (χ1v) is 9.70. The summed E-state index contributed by atoms with van der Waals surface area (Å²) in [6.45, 7) is 0. The van der Waals surface area contributed by atoms with Gasteiger partial charge in [0.05, 0.1) is 18.6 Å². The van der Waals surface area contributed by atoms with Crippen LogP contribution in [0.3, 0.4) is 0 Å². The second kappa shape index (κ2) is 5.82. The highest BCUT2D eigenvalue weighted by Gasteiger charge is 2.29. The van der Waals surface area contributed by atoms with E-state index in [4.69, 9.17) is 10.5 Å². The Morgan fingerprint density at radius 1 is 1.29 bits per heavy atom. The molecule has 7 nitrogen and oxygen atoms in total. The van der Waals surface area contributed by atoms with Gasteiger partial charge in [0.1, 0.15) is 20.5 Å². The van der Waals surface area contributed by atoms with Gasteiger partial charge in [-0.15, -0.1) is 0 Å². The van der Waals surface area contributed by atoms with E-state index in [0.717, 1.165) is 0 Å². The number of sulfonamides is 1. The summed E-state index contributed by atoms with van der Waals surface area (Å²) >= 11 is 0. The average molecular weight is 334 g/mol. The number of hydrogen-bond acceptors (Lipinski definition) is 6. The van der Waals surface area contributed by atoms with Crippen LogP contribution in [-0.2, 0) is 19.9 Å². The molecule has 0 aliphatic carbocycles. The van der Waals surface area contributed by atoms with E-state index in [1.165, 1.54) is 19.2 Å². The second-order valence-corrected chi connectivity index (χ2v) is 8.94. The van der Waals surface area contributed by atoms with Crippen molar-refractivity contribution in [2.75, 3.05) is 24.3 Å². The topological polar surface area (TPSA) is 116 Å². The van der Waals surface area contributed by atoms with Crippen molar-refractivity contribution >= 4 is 25.5 Å². The number of nitrogen functional groups attached to an aromatic ring is 1. The molecule has 1 aliphatic heterocycles. The lowest BCUT2D eigenvalue weighted by molar-refractivity contribution is 0.401. The van der Waals surface area contributed by atoms with Gasteiger partial charge < -0.3 is 10.5 Å². The van der Waals surface area contributed by atoms with Crippen molar-refractivity contribution in [1.29, 1.82) is 0 Å². The van der Waals surface area contributed by atoms with Gasteiger partial charge in [0.25, 0.3) is 0 Å². The van der Waals surface area contributed by atoms with E-state index in [2.05, 4.69) is 4.72 Å². The molecule has 1 heterocycles. The third kappa shape index (κ3) is 3.86. The fourth-order valence-electron chi connectivity index (χ4n) is 2.19. The van der Waals surface area contributed by atoms with E-state index < -0.39 is 25.9 Å². The predicted octanol–water partition coefficient (Wildman–Crippen LogP) is 0.133. The zero-order valence-corrected chi connectivity index (χ0v) is 13.2. The molecule has 0 saturated carbocycles. The maximum Gasteiger partial charge on any atom is 0.244 e. The van der Waals surface area contributed by atoms with Crippen LogP contribution in [0.25, 0.3) is 0 Å². The minimum atomic E-state index is -3.81. The number of ether oxygens (including phenoxy) is 1. The molecule has 1 saturated heterocycles. The standard InChI is InChI=1S/C12H18N2O5S2/c1-19-11-3-2-9(13)8-12(11)21(17,18)14-10-4-6-20(15,16)7-5-10/h2-3,8,10,14H,4-7,13H2,1H3. The molecule has 9 heteroatoms. The van der Waals surface area contributed by atoms with Gasteiger partial charge in [-0.2, -0.15) is 0 Å². The van der Waals surface area contributed by atoms with E-state index in [1.54, 1.807) is 6.07 Å². The Hall–Kier alpha value is -1.32. The highest BCUT2D eigenvalue weighted by molar-refractivity contribution is 7.91. The molecule has 0 spiro atoms. The van der Waals surface area contributed by atoms with Crippen LogP contribution in [-0.4, -0.2) is 41.5 Å². The van der Waals surface area contributed by atoms with Crippen molar-refractivity contribution in [2.45, 2.75) is 23.8 Å². The zero-order chi connectivity index (χ0) is 15.7. The number of nitrogens with one attached hydrogen (secondary N) is 1. The first kappa shape index (κ1) is 16.1. The van der Waals surface area contributed by atoms with E-state index in [1.807, 2.05) is 0 Å². The number of methoxy groups -OCH3 is 1. The molecule has 1 aromatic carbocycles. The SMILES string of the molecule is COc1ccc(N)cc1S(=O)(=O)NC1CCS(=O)(=O)CC1. The van der Waals surface area contributed by atoms with Gasteiger partial charge in [0.2, 0.25) is 10.0 Å². The molecule has 1 fully saturated rings. The normalized spacial score (nSPS) is 19.3. The maximum absolute atomic E-state index is 12.4. The fourth-order valence-corrected chi connectivity index (χ4v) is 5.19. The van der Waals surface area contributed by atoms with Crippen molar-refractivity contribution in [3.05, 3.63) is 18.2 Å². The monoisotopic (exact) mass is 334 g/mol. The zero-order valence-electron chi connectivity index (χ0n) is 11.6. The summed E-state index contributed by atoms with van der Waals surface area (Å²) < 4.78 is 55.1. The number of nitrogens with two attached hydrogens (primary N) is 1. The summed E-state index contributed by atoms with van der Waals surface area (Å²) in [5, 5.41) is 0. The van der Waals surface area contributed by atoms with Crippen LogP contribution in [0.15, 0.2) is 23.1 Å². The molecule has 1 aliphatic rings. The fraction of sp³-hybridized carbons (Fsp3) is 0.500. The molecule has 118 valence electrons. The lowest BCUT2D eigenvalue weighted by atomic mass is 10.2. The van der Waals surface area contributed by atoms with Gasteiger partial charge in [0, 0.05) is 11.7 Å². The van der Waals surface area contributed by atoms with Gasteiger partial charge in [-0.05, 0) is 31.0 Å². The highest BCUT2D eigenvalue weighted by Crippen LogP contribution is 2.26. The van der Waals surface area contributed by atoms with Crippen LogP contribution in [0.2, 0.25) is 0 Å². The van der Waals surface area contributed by atoms with Gasteiger partial charge in [0.15, 0.2) is 0 Å². The van der Waals surface area contributed by atoms with E-state index in [9.17, 15) is 16.8 Å². The molecule has 0 atom stereocenters. The number of anilines is 1. The van der Waals surface area contributed by atoms with Gasteiger partial charge in [-0.25, -0.2) is 21.6 Å². The van der Waals surface area contributed by atoms with E-state index >= 15 is 0 Å². The molecule has 21 heavy (non-hydrogen) atoms. The van der Waals surface area contributed by atoms with Crippen molar-refractivity contribution in [3.8, 4) is 5.75 Å². The van der Waals surface area contributed by atoms with Crippen LogP contribution in [0, 0.1) is 0 Å². The number of hydrogen-bond donors (Lipinski definition) is 2. The molecular formula is C12H18N2O5S2. The Balaban J connectivity index is 2.21. The summed E-state index contributed by atoms with van der Waals surface area (Å²) in [6.07, 6.45) is 0.540. The molecule has 2 rings (SSSR count). The lowest BCUT2D eigenvalue weighted by Crippen LogP contribution is -2.40. The predicted molar refractivity (Wildman–Crippen MR) is 79.4 cm³/mol. The summed E-state index contributed by atoms with van der Waals surface area (Å²) in [4.78, 5) is -0.0431. The molecule has 1 aromatic rings. The molecule has 0 bridgehead atoms. The Kier molecular flexibility index (Phi) is 4.45. The van der Waals surface area contributed by atoms with Crippen LogP contribution < -0.4 is 15.2 Å². The summed E-state index contributed by atoms with van der Waals surface area (Å²) in [5.41, 5.74) is 5.93. The quantitative estimate of drug-likeness (QED) is 0.756. The first-order valence-electron chi connectivity index (χ1n) is 6.40. The third-order valence-corrected chi connectivity index (χ3v) is 6.61. The van der Waals surface area contributed by atoms with E-state index in [-0.39, 0.29) is 35.0 Å². The first-order chi connectivity index (χ1) is 9.73. The van der Waals surface area contributed by atoms with E-state index in [0.29, 0.717) is 5.69 Å². The van der Waals surface area contributed by atoms with Gasteiger partial charge in [-0.1, -0.05) is 0 Å². The smallest absolute Gasteiger partial charge is 0.244 e. The second-order valence-electron chi connectivity index (χ2n) is 4.96. The Labute approximate surface area is 124 Å². The minimum Gasteiger partial charge on any atom is -0.495 e. The Morgan fingerprint density at radius 2 is 1.90 bits per heavy atom. The molecule has 0 radical (unpaired) electrons. The third-order valence-electron chi connectivity index (χ3n) is 3.35. The highest BCUT2D eigenvalue weighted by atomic mass is 32.2. The largest absolute Gasteiger partial charge is 0.495 e. The lowest BCUT2D eigenvalue weighted by Gasteiger charge is -2.23. The van der Waals surface area contributed by atoms with Crippen LogP contribution in [0.5, 0.6) is 5.75 Å². The Bertz CT molecular complexity index is 714. The molecule has 0 unspecified atom stereocenters. The maximum atomic E-state index is 12.4. The minimum absolute atomic E-state index is 0.00570. The van der Waals surface area contributed by atoms with Crippen LogP contribution in [0.4, 0.5) is 5.69 Å². The summed E-state index contributed by atoms with van der Waals surface area (Å²) in [7, 11) is -5.47. The van der Waals surface area contributed by atoms with Crippen LogP contribution in [0.1, 0.15) is 12.8 Å². The summed E-state index contributed by atoms with van der Waals surface area (Å²) in [5.74, 6) is 0.183. The number of benzene rings is 1. The van der Waals surface area contributed by atoms with Crippen molar-refractivity contribution in [2.24, 2.45) is 0 Å². The molecule has 0 aromatic heterocycles. The Morgan fingerprint density at radius 3 is 2.48 bits per heavy atom. The van der Waals surface area contributed by atoms with Crippen molar-refractivity contribution in [3.63, 3.8) is 0 Å². The molecular weight excluding hydrogens is 316 g/mol. The molecule has 3 N–H and O–H groups in total. The van der Waals surface area contributed by atoms with Gasteiger partial charge in [-0.3, -0.25) is 0 Å². The van der Waals surface area contributed by atoms with Crippen LogP contribution >= 0.6 is 0 Å². The van der Waals surface area contributed by atoms with Crippen molar-refractivity contribution in [1.82, 2.24) is 4.72 Å². The number of rotatable bonds is 4. The van der Waals surface area contributed by atoms with Crippen molar-refractivity contribution < 1.29 is 21.6 Å². The average Bonchev–Trinajstić information content (AvgIpc) is 2.41. The van der Waals surface area contributed by atoms with Gasteiger partial charge >= 0.3 is 0 Å². The molecule has 0 amide bonds. The number of sulfone groups is 1. The summed E-state index contributed by atoms with van der Waals surface area (Å²) in [6, 6.07) is 3.95.